The normalized spacial score (nSPS) is 39.4. The molecule has 0 radical (unpaired) electrons. The zero-order valence-corrected chi connectivity index (χ0v) is 13.9. The van der Waals surface area contributed by atoms with Crippen LogP contribution in [-0.2, 0) is 0 Å². The van der Waals surface area contributed by atoms with Crippen molar-refractivity contribution in [1.29, 1.82) is 0 Å². The first kappa shape index (κ1) is 14.1. The molecule has 0 bridgehead atoms. The first-order valence-corrected chi connectivity index (χ1v) is 10.4. The van der Waals surface area contributed by atoms with Gasteiger partial charge >= 0.3 is 119 Å². The molecule has 0 atom stereocenters. The van der Waals surface area contributed by atoms with Crippen LogP contribution in [0.4, 0.5) is 0 Å². The minimum absolute atomic E-state index is 0.533. The molecular formula is C16H30I-. The molecule has 2 fully saturated rings. The number of halogens is 1. The average molecular weight is 349 g/mol. The van der Waals surface area contributed by atoms with Gasteiger partial charge in [0.25, 0.3) is 0 Å². The van der Waals surface area contributed by atoms with Gasteiger partial charge in [0.2, 0.25) is 0 Å². The summed E-state index contributed by atoms with van der Waals surface area (Å²) < 4.78 is 2.42. The van der Waals surface area contributed by atoms with Gasteiger partial charge in [0.05, 0.1) is 0 Å². The van der Waals surface area contributed by atoms with Crippen LogP contribution in [0.25, 0.3) is 0 Å². The second kappa shape index (κ2) is 7.35. The van der Waals surface area contributed by atoms with Crippen molar-refractivity contribution >= 4 is 0 Å². The zero-order valence-electron chi connectivity index (χ0n) is 11.8. The molecule has 2 aliphatic carbocycles. The Hall–Kier alpha value is 0.730. The third-order valence-corrected chi connectivity index (χ3v) is 9.59. The van der Waals surface area contributed by atoms with E-state index < -0.39 is 0 Å². The van der Waals surface area contributed by atoms with E-state index in [0.717, 1.165) is 11.8 Å². The van der Waals surface area contributed by atoms with E-state index in [1.807, 2.05) is 0 Å². The summed E-state index contributed by atoms with van der Waals surface area (Å²) in [6.07, 6.45) is 15.5. The number of hydrogen-bond donors (Lipinski definition) is 0. The van der Waals surface area contributed by atoms with Gasteiger partial charge in [-0.15, -0.1) is 0 Å². The van der Waals surface area contributed by atoms with E-state index in [1.165, 1.54) is 20.7 Å². The first-order valence-electron chi connectivity index (χ1n) is 7.93. The van der Waals surface area contributed by atoms with Crippen LogP contribution in [0.2, 0.25) is 0 Å². The molecule has 0 nitrogen and oxygen atoms in total. The summed E-state index contributed by atoms with van der Waals surface area (Å²) in [4.78, 5) is 0. The SMILES string of the molecule is CCC1CCC([I-]C2CCC(CC)CC2)CC1. The van der Waals surface area contributed by atoms with Gasteiger partial charge in [-0.3, -0.25) is 0 Å². The Labute approximate surface area is 119 Å². The van der Waals surface area contributed by atoms with Gasteiger partial charge in [0, 0.05) is 0 Å². The third kappa shape index (κ3) is 4.40. The molecule has 0 aliphatic heterocycles. The molecule has 1 heteroatoms. The van der Waals surface area contributed by atoms with Gasteiger partial charge in [-0.05, 0) is 0 Å². The Morgan fingerprint density at radius 2 is 1.00 bits per heavy atom. The summed E-state index contributed by atoms with van der Waals surface area (Å²) in [5.41, 5.74) is 0. The van der Waals surface area contributed by atoms with Crippen LogP contribution in [0, 0.1) is 11.8 Å². The number of hydrogen-bond acceptors (Lipinski definition) is 0. The van der Waals surface area contributed by atoms with Gasteiger partial charge in [-0.1, -0.05) is 0 Å². The minimum atomic E-state index is 0.533. The Morgan fingerprint density at radius 1 is 0.647 bits per heavy atom. The molecule has 0 N–H and O–H groups in total. The van der Waals surface area contributed by atoms with Crippen molar-refractivity contribution in [3.05, 3.63) is 0 Å². The van der Waals surface area contributed by atoms with Crippen molar-refractivity contribution in [3.63, 3.8) is 0 Å². The summed E-state index contributed by atoms with van der Waals surface area (Å²) in [6.45, 7) is 4.76. The molecule has 0 amide bonds. The Balaban J connectivity index is 1.65. The molecule has 102 valence electrons. The van der Waals surface area contributed by atoms with Crippen molar-refractivity contribution in [2.75, 3.05) is 0 Å². The van der Waals surface area contributed by atoms with Crippen LogP contribution >= 0.6 is 0 Å². The molecule has 17 heavy (non-hydrogen) atoms. The fourth-order valence-corrected chi connectivity index (χ4v) is 7.88. The number of rotatable bonds is 4. The van der Waals surface area contributed by atoms with Crippen LogP contribution in [0.1, 0.15) is 78.1 Å². The molecule has 2 saturated carbocycles. The van der Waals surface area contributed by atoms with Crippen molar-refractivity contribution in [1.82, 2.24) is 0 Å². The fourth-order valence-electron chi connectivity index (χ4n) is 3.56. The first-order chi connectivity index (χ1) is 8.31. The van der Waals surface area contributed by atoms with E-state index in [1.54, 1.807) is 51.4 Å². The summed E-state index contributed by atoms with van der Waals surface area (Å²) in [5.74, 6) is 2.18. The van der Waals surface area contributed by atoms with Crippen LogP contribution in [0.15, 0.2) is 0 Å². The zero-order chi connectivity index (χ0) is 12.1. The van der Waals surface area contributed by atoms with E-state index in [-0.39, 0.29) is 0 Å². The molecule has 0 aromatic heterocycles. The second-order valence-electron chi connectivity index (χ2n) is 6.18. The van der Waals surface area contributed by atoms with E-state index in [0.29, 0.717) is 21.2 Å². The maximum atomic E-state index is 2.38. The summed E-state index contributed by atoms with van der Waals surface area (Å²) >= 11 is 0.533. The van der Waals surface area contributed by atoms with Crippen LogP contribution in [-0.4, -0.2) is 7.85 Å². The van der Waals surface area contributed by atoms with E-state index >= 15 is 0 Å². The van der Waals surface area contributed by atoms with Crippen molar-refractivity contribution < 1.29 is 21.2 Å². The van der Waals surface area contributed by atoms with Crippen LogP contribution in [0.5, 0.6) is 0 Å². The van der Waals surface area contributed by atoms with E-state index in [2.05, 4.69) is 13.8 Å². The maximum absolute atomic E-state index is 2.38. The molecule has 0 spiro atoms. The molecule has 0 unspecified atom stereocenters. The molecular weight excluding hydrogens is 319 g/mol. The van der Waals surface area contributed by atoms with Crippen LogP contribution in [0.3, 0.4) is 0 Å². The molecule has 2 aliphatic rings. The fraction of sp³-hybridized carbons (Fsp3) is 1.00. The van der Waals surface area contributed by atoms with Crippen LogP contribution < -0.4 is 21.2 Å². The van der Waals surface area contributed by atoms with Gasteiger partial charge in [-0.2, -0.15) is 0 Å². The Morgan fingerprint density at radius 3 is 1.29 bits per heavy atom. The van der Waals surface area contributed by atoms with Crippen molar-refractivity contribution in [3.8, 4) is 0 Å². The summed E-state index contributed by atoms with van der Waals surface area (Å²) in [7, 11) is 0. The summed E-state index contributed by atoms with van der Waals surface area (Å²) in [6, 6.07) is 0. The quantitative estimate of drug-likeness (QED) is 0.538. The average Bonchev–Trinajstić information content (AvgIpc) is 2.40. The molecule has 2 rings (SSSR count). The third-order valence-electron chi connectivity index (χ3n) is 5.06. The van der Waals surface area contributed by atoms with E-state index in [9.17, 15) is 0 Å². The van der Waals surface area contributed by atoms with Gasteiger partial charge < -0.3 is 0 Å². The Kier molecular flexibility index (Phi) is 6.12. The van der Waals surface area contributed by atoms with Gasteiger partial charge in [0.15, 0.2) is 0 Å². The molecule has 0 saturated heterocycles. The predicted molar refractivity (Wildman–Crippen MR) is 72.1 cm³/mol. The van der Waals surface area contributed by atoms with Gasteiger partial charge in [-0.25, -0.2) is 0 Å². The Bertz CT molecular complexity index is 176. The standard InChI is InChI=1S/C16H30I/c1-3-13-5-9-15(10-6-13)17-16-11-7-14(4-2)8-12-16/h13-16H,3-12H2,1-2H3/q-1. The van der Waals surface area contributed by atoms with Gasteiger partial charge in [0.1, 0.15) is 0 Å². The van der Waals surface area contributed by atoms with Crippen molar-refractivity contribution in [2.24, 2.45) is 11.8 Å². The monoisotopic (exact) mass is 349 g/mol. The predicted octanol–water partition coefficient (Wildman–Crippen LogP) is 2.01. The van der Waals surface area contributed by atoms with E-state index in [4.69, 9.17) is 0 Å². The molecule has 0 aromatic rings. The molecule has 0 aromatic carbocycles. The topological polar surface area (TPSA) is 0 Å². The summed E-state index contributed by atoms with van der Waals surface area (Å²) in [5, 5.41) is 0. The number of alkyl halides is 2. The van der Waals surface area contributed by atoms with Crippen molar-refractivity contribution in [2.45, 2.75) is 85.9 Å². The molecule has 0 heterocycles. The second-order valence-corrected chi connectivity index (χ2v) is 10.4.